The van der Waals surface area contributed by atoms with Crippen LogP contribution in [-0.2, 0) is 9.59 Å². The molecule has 3 aromatic carbocycles. The Morgan fingerprint density at radius 2 is 1.60 bits per heavy atom. The Bertz CT molecular complexity index is 1290. The van der Waals surface area contributed by atoms with Gasteiger partial charge in [-0.15, -0.1) is 0 Å². The van der Waals surface area contributed by atoms with Gasteiger partial charge in [0.2, 0.25) is 11.8 Å². The molecule has 0 aromatic heterocycles. The van der Waals surface area contributed by atoms with Crippen LogP contribution in [-0.4, -0.2) is 30.7 Å². The highest BCUT2D eigenvalue weighted by Crippen LogP contribution is 2.35. The summed E-state index contributed by atoms with van der Waals surface area (Å²) in [5.41, 5.74) is 1.99. The summed E-state index contributed by atoms with van der Waals surface area (Å²) in [7, 11) is 1.55. The van der Waals surface area contributed by atoms with Crippen molar-refractivity contribution in [3.05, 3.63) is 88.4 Å². The fourth-order valence-electron chi connectivity index (χ4n) is 3.91. The highest BCUT2D eigenvalue weighted by Gasteiger charge is 2.37. The molecule has 0 saturated heterocycles. The highest BCUT2D eigenvalue weighted by atomic mass is 35.5. The zero-order valence-corrected chi connectivity index (χ0v) is 19.8. The molecule has 178 valence electrons. The summed E-state index contributed by atoms with van der Waals surface area (Å²) in [5.74, 6) is -0.882. The molecule has 8 nitrogen and oxygen atoms in total. The van der Waals surface area contributed by atoms with Crippen LogP contribution in [0.4, 0.5) is 11.4 Å². The molecule has 4 amide bonds. The predicted molar refractivity (Wildman–Crippen MR) is 132 cm³/mol. The second-order valence-corrected chi connectivity index (χ2v) is 8.34. The Hall–Kier alpha value is -4.17. The van der Waals surface area contributed by atoms with E-state index in [0.717, 1.165) is 10.5 Å². The molecule has 2 N–H and O–H groups in total. The quantitative estimate of drug-likeness (QED) is 0.478. The number of nitrogens with one attached hydrogen (secondary N) is 2. The van der Waals surface area contributed by atoms with E-state index in [4.69, 9.17) is 16.3 Å². The molecule has 35 heavy (non-hydrogen) atoms. The lowest BCUT2D eigenvalue weighted by Crippen LogP contribution is -2.30. The van der Waals surface area contributed by atoms with Crippen LogP contribution in [0.15, 0.2) is 66.7 Å². The van der Waals surface area contributed by atoms with Crippen molar-refractivity contribution in [3.8, 4) is 5.75 Å². The number of carbonyl (C=O) groups excluding carboxylic acids is 4. The summed E-state index contributed by atoms with van der Waals surface area (Å²) in [6.45, 7) is 1.38. The summed E-state index contributed by atoms with van der Waals surface area (Å²) < 4.78 is 5.15. The molecule has 1 aliphatic heterocycles. The minimum atomic E-state index is -0.550. The van der Waals surface area contributed by atoms with Gasteiger partial charge in [-0.1, -0.05) is 35.9 Å². The Balaban J connectivity index is 1.49. The maximum Gasteiger partial charge on any atom is 0.266 e. The summed E-state index contributed by atoms with van der Waals surface area (Å²) in [6.07, 6.45) is -0.0241. The van der Waals surface area contributed by atoms with Crippen LogP contribution in [0.1, 0.15) is 45.7 Å². The number of nitrogens with zero attached hydrogens (tertiary/aromatic N) is 1. The number of hydrogen-bond donors (Lipinski definition) is 2. The standard InChI is InChI=1S/C26H22ClN3O5/c1-15(31)28-22(16-7-10-18(35-2)11-8-16)14-24(32)29-17-9-12-23(21(27)13-17)30-25(33)19-5-3-4-6-20(19)26(30)34/h3-13,22H,14H2,1-2H3,(H,28,31)(H,29,32). The SMILES string of the molecule is COc1ccc(C(CC(=O)Nc2ccc(N3C(=O)c4ccccc4C3=O)c(Cl)c2)NC(C)=O)cc1. The number of anilines is 2. The number of fused-ring (bicyclic) bond motifs is 1. The first-order valence-electron chi connectivity index (χ1n) is 10.8. The van der Waals surface area contributed by atoms with Crippen molar-refractivity contribution in [2.24, 2.45) is 0 Å². The van der Waals surface area contributed by atoms with Crippen molar-refractivity contribution in [2.75, 3.05) is 17.3 Å². The third-order valence-corrected chi connectivity index (χ3v) is 5.85. The lowest BCUT2D eigenvalue weighted by atomic mass is 10.0. The second-order valence-electron chi connectivity index (χ2n) is 7.94. The van der Waals surface area contributed by atoms with Crippen LogP contribution in [0.2, 0.25) is 5.02 Å². The fourth-order valence-corrected chi connectivity index (χ4v) is 4.17. The number of hydrogen-bond acceptors (Lipinski definition) is 5. The van der Waals surface area contributed by atoms with Crippen LogP contribution in [0, 0.1) is 0 Å². The number of benzene rings is 3. The van der Waals surface area contributed by atoms with Gasteiger partial charge in [0.15, 0.2) is 0 Å². The van der Waals surface area contributed by atoms with Gasteiger partial charge in [-0.2, -0.15) is 0 Å². The number of ether oxygens (including phenoxy) is 1. The predicted octanol–water partition coefficient (Wildman–Crippen LogP) is 4.36. The van der Waals surface area contributed by atoms with Gasteiger partial charge in [0.05, 0.1) is 41.4 Å². The van der Waals surface area contributed by atoms with Crippen molar-refractivity contribution in [1.82, 2.24) is 5.32 Å². The number of carbonyl (C=O) groups is 4. The van der Waals surface area contributed by atoms with E-state index in [1.807, 2.05) is 0 Å². The Labute approximate surface area is 206 Å². The lowest BCUT2D eigenvalue weighted by molar-refractivity contribution is -0.120. The molecule has 1 heterocycles. The van der Waals surface area contributed by atoms with Crippen LogP contribution in [0.5, 0.6) is 5.75 Å². The molecule has 0 fully saturated rings. The van der Waals surface area contributed by atoms with Crippen molar-refractivity contribution in [1.29, 1.82) is 0 Å². The Morgan fingerprint density at radius 3 is 2.14 bits per heavy atom. The average molecular weight is 492 g/mol. The summed E-state index contributed by atoms with van der Waals surface area (Å²) >= 11 is 6.40. The van der Waals surface area contributed by atoms with Gasteiger partial charge in [-0.05, 0) is 48.0 Å². The van der Waals surface area contributed by atoms with Gasteiger partial charge in [0.25, 0.3) is 11.8 Å². The van der Waals surface area contributed by atoms with Gasteiger partial charge in [-0.3, -0.25) is 19.2 Å². The lowest BCUT2D eigenvalue weighted by Gasteiger charge is -2.19. The van der Waals surface area contributed by atoms with E-state index in [2.05, 4.69) is 10.6 Å². The zero-order chi connectivity index (χ0) is 25.1. The van der Waals surface area contributed by atoms with E-state index < -0.39 is 17.9 Å². The first-order chi connectivity index (χ1) is 16.8. The van der Waals surface area contributed by atoms with Crippen molar-refractivity contribution < 1.29 is 23.9 Å². The average Bonchev–Trinajstić information content (AvgIpc) is 3.09. The molecule has 0 spiro atoms. The van der Waals surface area contributed by atoms with Gasteiger partial charge in [0.1, 0.15) is 5.75 Å². The van der Waals surface area contributed by atoms with Crippen molar-refractivity contribution >= 4 is 46.6 Å². The van der Waals surface area contributed by atoms with E-state index in [-0.39, 0.29) is 28.9 Å². The molecule has 3 aromatic rings. The first-order valence-corrected chi connectivity index (χ1v) is 11.1. The van der Waals surface area contributed by atoms with Crippen molar-refractivity contribution in [3.63, 3.8) is 0 Å². The van der Waals surface area contributed by atoms with Gasteiger partial charge in [-0.25, -0.2) is 4.90 Å². The number of amides is 4. The zero-order valence-electron chi connectivity index (χ0n) is 19.0. The van der Waals surface area contributed by atoms with E-state index in [9.17, 15) is 19.2 Å². The van der Waals surface area contributed by atoms with Crippen LogP contribution >= 0.6 is 11.6 Å². The van der Waals surface area contributed by atoms with Gasteiger partial charge < -0.3 is 15.4 Å². The fraction of sp³-hybridized carbons (Fsp3) is 0.154. The molecular formula is C26H22ClN3O5. The number of rotatable bonds is 7. The molecule has 0 radical (unpaired) electrons. The van der Waals surface area contributed by atoms with E-state index >= 15 is 0 Å². The molecule has 9 heteroatoms. The number of methoxy groups -OCH3 is 1. The molecule has 0 aliphatic carbocycles. The molecule has 1 atom stereocenters. The van der Waals surface area contributed by atoms with Gasteiger partial charge in [0, 0.05) is 12.6 Å². The second kappa shape index (κ2) is 9.99. The molecule has 0 bridgehead atoms. The van der Waals surface area contributed by atoms with Crippen LogP contribution < -0.4 is 20.3 Å². The van der Waals surface area contributed by atoms with Crippen LogP contribution in [0.3, 0.4) is 0 Å². The van der Waals surface area contributed by atoms with E-state index in [1.54, 1.807) is 61.7 Å². The normalized spacial score (nSPS) is 13.3. The molecule has 1 unspecified atom stereocenters. The van der Waals surface area contributed by atoms with E-state index in [0.29, 0.717) is 22.6 Å². The first kappa shape index (κ1) is 24.0. The monoisotopic (exact) mass is 491 g/mol. The maximum absolute atomic E-state index is 12.8. The molecular weight excluding hydrogens is 470 g/mol. The highest BCUT2D eigenvalue weighted by molar-refractivity contribution is 6.40. The summed E-state index contributed by atoms with van der Waals surface area (Å²) in [6, 6.07) is 17.6. The minimum absolute atomic E-state index is 0.0241. The molecule has 0 saturated carbocycles. The van der Waals surface area contributed by atoms with Crippen LogP contribution in [0.25, 0.3) is 0 Å². The third kappa shape index (κ3) is 5.02. The third-order valence-electron chi connectivity index (χ3n) is 5.55. The smallest absolute Gasteiger partial charge is 0.266 e. The van der Waals surface area contributed by atoms with Crippen molar-refractivity contribution in [2.45, 2.75) is 19.4 Å². The largest absolute Gasteiger partial charge is 0.497 e. The maximum atomic E-state index is 12.8. The molecule has 1 aliphatic rings. The number of halogens is 1. The van der Waals surface area contributed by atoms with E-state index in [1.165, 1.54) is 19.1 Å². The molecule has 4 rings (SSSR count). The Morgan fingerprint density at radius 1 is 0.971 bits per heavy atom. The minimum Gasteiger partial charge on any atom is -0.497 e. The summed E-state index contributed by atoms with van der Waals surface area (Å²) in [4.78, 5) is 51.0. The Kier molecular flexibility index (Phi) is 6.84. The topological polar surface area (TPSA) is 105 Å². The van der Waals surface area contributed by atoms with Gasteiger partial charge >= 0.3 is 0 Å². The number of imide groups is 1. The summed E-state index contributed by atoms with van der Waals surface area (Å²) in [5, 5.41) is 5.66.